The number of amides is 1. The van der Waals surface area contributed by atoms with Crippen molar-refractivity contribution in [2.75, 3.05) is 33.3 Å². The van der Waals surface area contributed by atoms with Crippen molar-refractivity contribution in [3.63, 3.8) is 0 Å². The average Bonchev–Trinajstić information content (AvgIpc) is 2.87. The topological polar surface area (TPSA) is 50.8 Å². The van der Waals surface area contributed by atoms with Crippen LogP contribution in [-0.4, -0.2) is 50.7 Å². The smallest absolute Gasteiger partial charge is 0.387 e. The maximum absolute atomic E-state index is 12.6. The van der Waals surface area contributed by atoms with E-state index in [-0.39, 0.29) is 17.1 Å². The quantitative estimate of drug-likeness (QED) is 0.726. The van der Waals surface area contributed by atoms with E-state index >= 15 is 0 Å². The van der Waals surface area contributed by atoms with Gasteiger partial charge in [-0.3, -0.25) is 4.79 Å². The third-order valence-electron chi connectivity index (χ3n) is 4.29. The summed E-state index contributed by atoms with van der Waals surface area (Å²) in [5.41, 5.74) is 0.0504. The summed E-state index contributed by atoms with van der Waals surface area (Å²) in [4.78, 5) is 14.7. The van der Waals surface area contributed by atoms with E-state index in [1.54, 1.807) is 6.07 Å². The van der Waals surface area contributed by atoms with Crippen molar-refractivity contribution in [1.29, 1.82) is 0 Å². The van der Waals surface area contributed by atoms with Crippen LogP contribution in [0.4, 0.5) is 8.78 Å². The second-order valence-corrected chi connectivity index (χ2v) is 6.08. The number of para-hydroxylation sites is 1. The molecule has 0 spiro atoms. The lowest BCUT2D eigenvalue weighted by atomic mass is 10.1. The standard InChI is InChI=1S/C18H26F2N2O3/c1-24-15-9-6-8-14(16(15)25-18(19)20)17(23)21-10-7-13-22-11-4-2-3-5-12-22/h6,8-9,18H,2-5,7,10-13H2,1H3,(H,21,23). The monoisotopic (exact) mass is 356 g/mol. The molecule has 1 amide bonds. The van der Waals surface area contributed by atoms with E-state index < -0.39 is 12.5 Å². The second kappa shape index (κ2) is 10.2. The first-order chi connectivity index (χ1) is 12.1. The third kappa shape index (κ3) is 6.16. The number of rotatable bonds is 8. The number of carbonyl (C=O) groups is 1. The molecule has 1 aliphatic rings. The Morgan fingerprint density at radius 1 is 1.24 bits per heavy atom. The van der Waals surface area contributed by atoms with Crippen LogP contribution in [-0.2, 0) is 0 Å². The molecule has 1 N–H and O–H groups in total. The van der Waals surface area contributed by atoms with Crippen molar-refractivity contribution in [3.8, 4) is 11.5 Å². The molecule has 0 atom stereocenters. The lowest BCUT2D eigenvalue weighted by molar-refractivity contribution is -0.0515. The van der Waals surface area contributed by atoms with Crippen molar-refractivity contribution in [2.24, 2.45) is 0 Å². The lowest BCUT2D eigenvalue weighted by Crippen LogP contribution is -2.31. The number of nitrogens with zero attached hydrogens (tertiary/aromatic N) is 1. The van der Waals surface area contributed by atoms with Crippen LogP contribution in [0, 0.1) is 0 Å². The van der Waals surface area contributed by atoms with Gasteiger partial charge < -0.3 is 19.7 Å². The summed E-state index contributed by atoms with van der Waals surface area (Å²) < 4.78 is 34.7. The van der Waals surface area contributed by atoms with Gasteiger partial charge in [0, 0.05) is 6.54 Å². The van der Waals surface area contributed by atoms with Crippen LogP contribution in [0.25, 0.3) is 0 Å². The Kier molecular flexibility index (Phi) is 7.91. The maximum atomic E-state index is 12.6. The largest absolute Gasteiger partial charge is 0.493 e. The van der Waals surface area contributed by atoms with Gasteiger partial charge in [-0.05, 0) is 51.0 Å². The minimum absolute atomic E-state index is 0.0504. The normalized spacial score (nSPS) is 15.7. The SMILES string of the molecule is COc1cccc(C(=O)NCCCN2CCCCCC2)c1OC(F)F. The molecule has 1 fully saturated rings. The summed E-state index contributed by atoms with van der Waals surface area (Å²) in [5, 5.41) is 2.77. The number of carbonyl (C=O) groups excluding carboxylic acids is 1. The molecular formula is C18H26F2N2O3. The number of halogens is 2. The molecule has 0 radical (unpaired) electrons. The summed E-state index contributed by atoms with van der Waals surface area (Å²) in [6.07, 6.45) is 5.85. The van der Waals surface area contributed by atoms with Gasteiger partial charge >= 0.3 is 6.61 Å². The summed E-state index contributed by atoms with van der Waals surface area (Å²) in [6, 6.07) is 4.50. The first-order valence-electron chi connectivity index (χ1n) is 8.74. The molecule has 2 rings (SSSR count). The number of ether oxygens (including phenoxy) is 2. The number of hydrogen-bond acceptors (Lipinski definition) is 4. The van der Waals surface area contributed by atoms with Gasteiger partial charge in [0.1, 0.15) is 0 Å². The summed E-state index contributed by atoms with van der Waals surface area (Å²) in [6.45, 7) is 0.608. The zero-order chi connectivity index (χ0) is 18.1. The van der Waals surface area contributed by atoms with Crippen molar-refractivity contribution < 1.29 is 23.0 Å². The van der Waals surface area contributed by atoms with Crippen LogP contribution in [0.2, 0.25) is 0 Å². The highest BCUT2D eigenvalue weighted by molar-refractivity contribution is 5.97. The summed E-state index contributed by atoms with van der Waals surface area (Å²) in [7, 11) is 1.34. The summed E-state index contributed by atoms with van der Waals surface area (Å²) in [5.74, 6) is -0.562. The van der Waals surface area contributed by atoms with Crippen LogP contribution in [0.5, 0.6) is 11.5 Å². The fraction of sp³-hybridized carbons (Fsp3) is 0.611. The molecule has 1 heterocycles. The molecule has 0 saturated carbocycles. The Morgan fingerprint density at radius 3 is 2.60 bits per heavy atom. The predicted molar refractivity (Wildman–Crippen MR) is 91.5 cm³/mol. The number of hydrogen-bond donors (Lipinski definition) is 1. The Labute approximate surface area is 147 Å². The van der Waals surface area contributed by atoms with Crippen molar-refractivity contribution in [3.05, 3.63) is 23.8 Å². The highest BCUT2D eigenvalue weighted by atomic mass is 19.3. The van der Waals surface area contributed by atoms with E-state index in [0.717, 1.165) is 26.1 Å². The van der Waals surface area contributed by atoms with E-state index in [4.69, 9.17) is 4.74 Å². The first kappa shape index (κ1) is 19.4. The van der Waals surface area contributed by atoms with Crippen LogP contribution in [0.15, 0.2) is 18.2 Å². The molecule has 1 aromatic carbocycles. The maximum Gasteiger partial charge on any atom is 0.387 e. The molecule has 0 aromatic heterocycles. The van der Waals surface area contributed by atoms with Crippen LogP contribution < -0.4 is 14.8 Å². The van der Waals surface area contributed by atoms with Gasteiger partial charge in [-0.25, -0.2) is 0 Å². The second-order valence-electron chi connectivity index (χ2n) is 6.08. The first-order valence-corrected chi connectivity index (χ1v) is 8.74. The number of likely N-dealkylation sites (tertiary alicyclic amines) is 1. The zero-order valence-corrected chi connectivity index (χ0v) is 14.6. The van der Waals surface area contributed by atoms with E-state index in [9.17, 15) is 13.6 Å². The van der Waals surface area contributed by atoms with E-state index in [0.29, 0.717) is 6.54 Å². The molecule has 1 aromatic rings. The van der Waals surface area contributed by atoms with Crippen LogP contribution in [0.3, 0.4) is 0 Å². The molecule has 140 valence electrons. The molecule has 0 unspecified atom stereocenters. The Balaban J connectivity index is 1.87. The Hall–Kier alpha value is -1.89. The minimum Gasteiger partial charge on any atom is -0.493 e. The Bertz CT molecular complexity index is 547. The average molecular weight is 356 g/mol. The van der Waals surface area contributed by atoms with Gasteiger partial charge in [0.2, 0.25) is 0 Å². The number of nitrogens with one attached hydrogen (secondary N) is 1. The van der Waals surface area contributed by atoms with Gasteiger partial charge in [0.25, 0.3) is 5.91 Å². The van der Waals surface area contributed by atoms with Crippen molar-refractivity contribution in [1.82, 2.24) is 10.2 Å². The van der Waals surface area contributed by atoms with Gasteiger partial charge in [-0.15, -0.1) is 0 Å². The Morgan fingerprint density at radius 2 is 1.96 bits per heavy atom. The highest BCUT2D eigenvalue weighted by Crippen LogP contribution is 2.32. The van der Waals surface area contributed by atoms with Gasteiger partial charge in [0.15, 0.2) is 11.5 Å². The fourth-order valence-electron chi connectivity index (χ4n) is 3.03. The molecule has 25 heavy (non-hydrogen) atoms. The van der Waals surface area contributed by atoms with Crippen LogP contribution >= 0.6 is 0 Å². The molecular weight excluding hydrogens is 330 g/mol. The minimum atomic E-state index is -3.02. The van der Waals surface area contributed by atoms with Gasteiger partial charge in [0.05, 0.1) is 12.7 Å². The van der Waals surface area contributed by atoms with E-state index in [2.05, 4.69) is 15.0 Å². The van der Waals surface area contributed by atoms with Crippen LogP contribution in [0.1, 0.15) is 42.5 Å². The van der Waals surface area contributed by atoms with E-state index in [1.807, 2.05) is 0 Å². The molecule has 5 nitrogen and oxygen atoms in total. The van der Waals surface area contributed by atoms with Gasteiger partial charge in [-0.2, -0.15) is 8.78 Å². The van der Waals surface area contributed by atoms with Crippen molar-refractivity contribution in [2.45, 2.75) is 38.7 Å². The third-order valence-corrected chi connectivity index (χ3v) is 4.29. The lowest BCUT2D eigenvalue weighted by Gasteiger charge is -2.19. The van der Waals surface area contributed by atoms with Gasteiger partial charge in [-0.1, -0.05) is 18.9 Å². The number of alkyl halides is 2. The predicted octanol–water partition coefficient (Wildman–Crippen LogP) is 3.29. The molecule has 0 bridgehead atoms. The van der Waals surface area contributed by atoms with Crippen molar-refractivity contribution >= 4 is 5.91 Å². The number of benzene rings is 1. The van der Waals surface area contributed by atoms with E-state index in [1.165, 1.54) is 44.9 Å². The highest BCUT2D eigenvalue weighted by Gasteiger charge is 2.20. The molecule has 0 aliphatic carbocycles. The molecule has 7 heteroatoms. The number of methoxy groups -OCH3 is 1. The fourth-order valence-corrected chi connectivity index (χ4v) is 3.03. The summed E-state index contributed by atoms with van der Waals surface area (Å²) >= 11 is 0. The zero-order valence-electron chi connectivity index (χ0n) is 14.6. The molecule has 1 aliphatic heterocycles. The molecule has 1 saturated heterocycles.